The number of hydrogen-bond acceptors (Lipinski definition) is 1. The minimum Gasteiger partial charge on any atom is -0.393 e. The molecule has 4 aliphatic rings. The standard InChI is InChI=1S/C30H54O/c1-18(2)21(5)19(3)17-20(4)24-11-12-26-23-9-10-25-22(6)28(31)14-16-30(25,8)27(23)13-15-29(24,26)7/h18-28,31H,9-17H2,1-8H3/t19?,20?,21?,22-,23?,24+,25-,26?,27?,28-,29+,30-/m0/s1. The smallest absolute Gasteiger partial charge is 0.0568 e. The Morgan fingerprint density at radius 1 is 0.774 bits per heavy atom. The summed E-state index contributed by atoms with van der Waals surface area (Å²) in [5.74, 6) is 8.43. The van der Waals surface area contributed by atoms with Crippen molar-refractivity contribution in [2.45, 2.75) is 119 Å². The molecule has 4 fully saturated rings. The molecule has 1 N–H and O–H groups in total. The van der Waals surface area contributed by atoms with Crippen molar-refractivity contribution in [3.05, 3.63) is 0 Å². The van der Waals surface area contributed by atoms with Crippen LogP contribution in [0.4, 0.5) is 0 Å². The molecule has 4 saturated carbocycles. The molecular weight excluding hydrogens is 376 g/mol. The Morgan fingerprint density at radius 2 is 1.39 bits per heavy atom. The van der Waals surface area contributed by atoms with Crippen molar-refractivity contribution in [2.75, 3.05) is 0 Å². The van der Waals surface area contributed by atoms with Gasteiger partial charge < -0.3 is 5.11 Å². The lowest BCUT2D eigenvalue weighted by atomic mass is 9.43. The summed E-state index contributed by atoms with van der Waals surface area (Å²) in [5.41, 5.74) is 1.08. The van der Waals surface area contributed by atoms with Gasteiger partial charge in [0.2, 0.25) is 0 Å². The number of aliphatic hydroxyl groups excluding tert-OH is 1. The van der Waals surface area contributed by atoms with Gasteiger partial charge in [-0.1, -0.05) is 55.4 Å². The highest BCUT2D eigenvalue weighted by molar-refractivity contribution is 5.10. The lowest BCUT2D eigenvalue weighted by molar-refractivity contribution is -0.149. The maximum absolute atomic E-state index is 10.6. The quantitative estimate of drug-likeness (QED) is 0.466. The summed E-state index contributed by atoms with van der Waals surface area (Å²) >= 11 is 0. The van der Waals surface area contributed by atoms with Crippen LogP contribution in [0, 0.1) is 70.0 Å². The van der Waals surface area contributed by atoms with Crippen molar-refractivity contribution >= 4 is 0 Å². The molecule has 0 saturated heterocycles. The van der Waals surface area contributed by atoms with Crippen LogP contribution in [-0.4, -0.2) is 11.2 Å². The van der Waals surface area contributed by atoms with Crippen LogP contribution >= 0.6 is 0 Å². The first-order valence-electron chi connectivity index (χ1n) is 14.2. The fourth-order valence-corrected chi connectivity index (χ4v) is 10.3. The van der Waals surface area contributed by atoms with Crippen molar-refractivity contribution < 1.29 is 5.11 Å². The number of hydrogen-bond donors (Lipinski definition) is 1. The van der Waals surface area contributed by atoms with Gasteiger partial charge >= 0.3 is 0 Å². The molecule has 0 aromatic carbocycles. The van der Waals surface area contributed by atoms with Crippen molar-refractivity contribution in [2.24, 2.45) is 70.0 Å². The van der Waals surface area contributed by atoms with Gasteiger partial charge in [0.25, 0.3) is 0 Å². The van der Waals surface area contributed by atoms with E-state index >= 15 is 0 Å². The molecule has 0 radical (unpaired) electrons. The molecule has 0 heterocycles. The molecule has 180 valence electrons. The summed E-state index contributed by atoms with van der Waals surface area (Å²) in [6.45, 7) is 20.1. The molecule has 0 aromatic rings. The fourth-order valence-electron chi connectivity index (χ4n) is 10.3. The Labute approximate surface area is 194 Å². The topological polar surface area (TPSA) is 20.2 Å². The average molecular weight is 431 g/mol. The Kier molecular flexibility index (Phi) is 6.71. The third kappa shape index (κ3) is 3.85. The van der Waals surface area contributed by atoms with Crippen LogP contribution < -0.4 is 0 Å². The molecule has 0 amide bonds. The second kappa shape index (κ2) is 8.63. The molecule has 4 rings (SSSR count). The van der Waals surface area contributed by atoms with Crippen molar-refractivity contribution in [3.8, 4) is 0 Å². The number of aliphatic hydroxyl groups is 1. The summed E-state index contributed by atoms with van der Waals surface area (Å²) in [7, 11) is 0. The predicted molar refractivity (Wildman–Crippen MR) is 133 cm³/mol. The molecule has 0 bridgehead atoms. The summed E-state index contributed by atoms with van der Waals surface area (Å²) in [6.07, 6.45) is 12.5. The normalized spacial score (nSPS) is 50.3. The molecular formula is C30H54O. The van der Waals surface area contributed by atoms with Crippen LogP contribution in [-0.2, 0) is 0 Å². The van der Waals surface area contributed by atoms with Crippen molar-refractivity contribution in [3.63, 3.8) is 0 Å². The molecule has 4 aliphatic carbocycles. The van der Waals surface area contributed by atoms with E-state index in [1.54, 1.807) is 0 Å². The van der Waals surface area contributed by atoms with Gasteiger partial charge in [-0.05, 0) is 128 Å². The van der Waals surface area contributed by atoms with E-state index in [-0.39, 0.29) is 6.10 Å². The van der Waals surface area contributed by atoms with Crippen LogP contribution in [0.3, 0.4) is 0 Å². The summed E-state index contributed by atoms with van der Waals surface area (Å²) < 4.78 is 0. The van der Waals surface area contributed by atoms with Gasteiger partial charge in [0.1, 0.15) is 0 Å². The van der Waals surface area contributed by atoms with Gasteiger partial charge in [-0.25, -0.2) is 0 Å². The first-order chi connectivity index (χ1) is 14.5. The van der Waals surface area contributed by atoms with Gasteiger partial charge in [0.05, 0.1) is 6.10 Å². The maximum Gasteiger partial charge on any atom is 0.0568 e. The first-order valence-corrected chi connectivity index (χ1v) is 14.2. The SMILES string of the molecule is CC(C)C(C)C(C)CC(C)[C@H]1CCC2C3CC[C@H]4[C@H](C)[C@@H](O)CC[C@]4(C)C3CC[C@@]21C. The third-order valence-corrected chi connectivity index (χ3v) is 12.6. The fraction of sp³-hybridized carbons (Fsp3) is 1.00. The van der Waals surface area contributed by atoms with Crippen LogP contribution in [0.15, 0.2) is 0 Å². The van der Waals surface area contributed by atoms with Gasteiger partial charge in [-0.2, -0.15) is 0 Å². The van der Waals surface area contributed by atoms with E-state index in [2.05, 4.69) is 55.4 Å². The minimum absolute atomic E-state index is 0.0459. The van der Waals surface area contributed by atoms with Crippen LogP contribution in [0.5, 0.6) is 0 Å². The molecule has 0 spiro atoms. The van der Waals surface area contributed by atoms with Crippen LogP contribution in [0.25, 0.3) is 0 Å². The van der Waals surface area contributed by atoms with E-state index < -0.39 is 0 Å². The Hall–Kier alpha value is -0.0400. The van der Waals surface area contributed by atoms with Crippen molar-refractivity contribution in [1.29, 1.82) is 0 Å². The lowest BCUT2D eigenvalue weighted by Gasteiger charge is -2.62. The van der Waals surface area contributed by atoms with E-state index in [1.807, 2.05) is 0 Å². The third-order valence-electron chi connectivity index (χ3n) is 12.6. The summed E-state index contributed by atoms with van der Waals surface area (Å²) in [6, 6.07) is 0. The van der Waals surface area contributed by atoms with Gasteiger partial charge in [-0.3, -0.25) is 0 Å². The average Bonchev–Trinajstić information content (AvgIpc) is 3.07. The van der Waals surface area contributed by atoms with Crippen LogP contribution in [0.2, 0.25) is 0 Å². The highest BCUT2D eigenvalue weighted by atomic mass is 16.3. The van der Waals surface area contributed by atoms with E-state index in [0.29, 0.717) is 16.7 Å². The Bertz CT molecular complexity index is 626. The summed E-state index contributed by atoms with van der Waals surface area (Å²) in [4.78, 5) is 0. The highest BCUT2D eigenvalue weighted by Gasteiger charge is 2.61. The van der Waals surface area contributed by atoms with Crippen molar-refractivity contribution in [1.82, 2.24) is 0 Å². The van der Waals surface area contributed by atoms with Gasteiger partial charge in [0.15, 0.2) is 0 Å². The van der Waals surface area contributed by atoms with E-state index in [1.165, 1.54) is 51.4 Å². The van der Waals surface area contributed by atoms with E-state index in [0.717, 1.165) is 59.7 Å². The zero-order valence-electron chi connectivity index (χ0n) is 22.2. The van der Waals surface area contributed by atoms with E-state index in [9.17, 15) is 5.11 Å². The zero-order chi connectivity index (χ0) is 22.7. The second-order valence-electron chi connectivity index (χ2n) is 14.1. The molecule has 6 unspecified atom stereocenters. The first kappa shape index (κ1) is 24.1. The lowest BCUT2D eigenvalue weighted by Crippen LogP contribution is -2.56. The molecule has 31 heavy (non-hydrogen) atoms. The minimum atomic E-state index is -0.0459. The van der Waals surface area contributed by atoms with E-state index in [4.69, 9.17) is 0 Å². The monoisotopic (exact) mass is 430 g/mol. The van der Waals surface area contributed by atoms with Crippen LogP contribution in [0.1, 0.15) is 113 Å². The van der Waals surface area contributed by atoms with Gasteiger partial charge in [-0.15, -0.1) is 0 Å². The molecule has 0 aromatic heterocycles. The largest absolute Gasteiger partial charge is 0.393 e. The Morgan fingerprint density at radius 3 is 2.06 bits per heavy atom. The highest BCUT2D eigenvalue weighted by Crippen LogP contribution is 2.69. The summed E-state index contributed by atoms with van der Waals surface area (Å²) in [5, 5.41) is 10.6. The van der Waals surface area contributed by atoms with Gasteiger partial charge in [0, 0.05) is 0 Å². The molecule has 1 nitrogen and oxygen atoms in total. The predicted octanol–water partition coefficient (Wildman–Crippen LogP) is 8.21. The number of fused-ring (bicyclic) bond motifs is 5. The molecule has 12 atom stereocenters. The maximum atomic E-state index is 10.6. The zero-order valence-corrected chi connectivity index (χ0v) is 22.2. The Balaban J connectivity index is 1.49. The second-order valence-corrected chi connectivity index (χ2v) is 14.1. The number of rotatable bonds is 5. The molecule has 1 heteroatoms. The molecule has 0 aliphatic heterocycles.